The van der Waals surface area contributed by atoms with Crippen molar-refractivity contribution >= 4 is 34.9 Å². The lowest BCUT2D eigenvalue weighted by molar-refractivity contribution is 0.516. The Bertz CT molecular complexity index is 533. The minimum atomic E-state index is 0.697. The lowest BCUT2D eigenvalue weighted by Crippen LogP contribution is -2.11. The number of rotatable bonds is 4. The van der Waals surface area contributed by atoms with Crippen molar-refractivity contribution in [1.82, 2.24) is 0 Å². The van der Waals surface area contributed by atoms with Crippen LogP contribution >= 0.6 is 23.5 Å². The van der Waals surface area contributed by atoms with Crippen LogP contribution in [0.3, 0.4) is 0 Å². The van der Waals surface area contributed by atoms with E-state index in [1.165, 1.54) is 74.7 Å². The first-order valence-corrected chi connectivity index (χ1v) is 10.9. The van der Waals surface area contributed by atoms with Crippen molar-refractivity contribution in [1.29, 1.82) is 0 Å². The first-order chi connectivity index (χ1) is 11.1. The molecule has 2 nitrogen and oxygen atoms in total. The van der Waals surface area contributed by atoms with Crippen LogP contribution in [0.15, 0.2) is 15.9 Å². The topological polar surface area (TPSA) is 52.0 Å². The molecule has 2 fully saturated rings. The molecule has 0 saturated heterocycles. The highest BCUT2D eigenvalue weighted by molar-refractivity contribution is 8.01. The maximum atomic E-state index is 6.57. The maximum absolute atomic E-state index is 6.57. The lowest BCUT2D eigenvalue weighted by Gasteiger charge is -2.25. The fourth-order valence-corrected chi connectivity index (χ4v) is 6.62. The first kappa shape index (κ1) is 17.3. The van der Waals surface area contributed by atoms with Gasteiger partial charge in [-0.15, -0.1) is 23.5 Å². The highest BCUT2D eigenvalue weighted by Crippen LogP contribution is 2.46. The van der Waals surface area contributed by atoms with Crippen LogP contribution in [0.25, 0.3) is 0 Å². The molecule has 2 aliphatic rings. The predicted octanol–water partition coefficient (Wildman–Crippen LogP) is 6.01. The number of nitrogen functional groups attached to an aromatic ring is 2. The van der Waals surface area contributed by atoms with Crippen molar-refractivity contribution < 1.29 is 0 Å². The smallest absolute Gasteiger partial charge is 0.0611 e. The molecule has 0 amide bonds. The van der Waals surface area contributed by atoms with Crippen molar-refractivity contribution in [3.05, 3.63) is 11.6 Å². The Labute approximate surface area is 149 Å². The highest BCUT2D eigenvalue weighted by Gasteiger charge is 2.22. The summed E-state index contributed by atoms with van der Waals surface area (Å²) < 4.78 is 0. The molecule has 23 heavy (non-hydrogen) atoms. The molecule has 4 N–H and O–H groups in total. The summed E-state index contributed by atoms with van der Waals surface area (Å²) in [5.41, 5.74) is 16.0. The molecule has 2 aliphatic carbocycles. The molecule has 1 aromatic rings. The van der Waals surface area contributed by atoms with Gasteiger partial charge in [0.05, 0.1) is 16.3 Å². The minimum absolute atomic E-state index is 0.697. The van der Waals surface area contributed by atoms with Crippen LogP contribution in [0.4, 0.5) is 11.4 Å². The largest absolute Gasteiger partial charge is 0.398 e. The van der Waals surface area contributed by atoms with Crippen LogP contribution in [0.1, 0.15) is 69.8 Å². The number of anilines is 2. The summed E-state index contributed by atoms with van der Waals surface area (Å²) in [5.74, 6) is 0. The number of nitrogens with two attached hydrogens (primary N) is 2. The molecule has 128 valence electrons. The van der Waals surface area contributed by atoms with E-state index in [1.54, 1.807) is 0 Å². The van der Waals surface area contributed by atoms with Gasteiger partial charge >= 0.3 is 0 Å². The van der Waals surface area contributed by atoms with Gasteiger partial charge in [-0.2, -0.15) is 0 Å². The molecular formula is C19H30N2S2. The molecule has 1 aromatic carbocycles. The van der Waals surface area contributed by atoms with E-state index in [0.29, 0.717) is 5.25 Å². The van der Waals surface area contributed by atoms with E-state index >= 15 is 0 Å². The van der Waals surface area contributed by atoms with Gasteiger partial charge in [0, 0.05) is 15.4 Å². The van der Waals surface area contributed by atoms with E-state index < -0.39 is 0 Å². The molecule has 0 spiro atoms. The summed E-state index contributed by atoms with van der Waals surface area (Å²) in [6, 6.07) is 2.22. The number of thioether (sulfide) groups is 2. The van der Waals surface area contributed by atoms with Crippen LogP contribution in [0, 0.1) is 6.92 Å². The second kappa shape index (κ2) is 8.06. The zero-order chi connectivity index (χ0) is 16.2. The van der Waals surface area contributed by atoms with E-state index in [0.717, 1.165) is 21.5 Å². The second-order valence-electron chi connectivity index (χ2n) is 7.10. The molecule has 0 heterocycles. The Kier molecular flexibility index (Phi) is 6.08. The summed E-state index contributed by atoms with van der Waals surface area (Å²) in [6.45, 7) is 2.13. The van der Waals surface area contributed by atoms with E-state index in [2.05, 4.69) is 13.0 Å². The normalized spacial score (nSPS) is 20.7. The minimum Gasteiger partial charge on any atom is -0.398 e. The number of aryl methyl sites for hydroxylation is 1. The van der Waals surface area contributed by atoms with Crippen molar-refractivity contribution in [3.63, 3.8) is 0 Å². The van der Waals surface area contributed by atoms with Crippen LogP contribution in [0.5, 0.6) is 0 Å². The predicted molar refractivity (Wildman–Crippen MR) is 105 cm³/mol. The highest BCUT2D eigenvalue weighted by atomic mass is 32.2. The van der Waals surface area contributed by atoms with Crippen molar-refractivity contribution in [2.24, 2.45) is 0 Å². The monoisotopic (exact) mass is 350 g/mol. The van der Waals surface area contributed by atoms with Crippen LogP contribution in [-0.2, 0) is 0 Å². The molecule has 4 heteroatoms. The van der Waals surface area contributed by atoms with Gasteiger partial charge in [-0.3, -0.25) is 0 Å². The molecule has 0 unspecified atom stereocenters. The molecule has 0 radical (unpaired) electrons. The lowest BCUT2D eigenvalue weighted by atomic mass is 10.0. The van der Waals surface area contributed by atoms with Gasteiger partial charge in [0.15, 0.2) is 0 Å². The zero-order valence-electron chi connectivity index (χ0n) is 14.3. The van der Waals surface area contributed by atoms with E-state index in [9.17, 15) is 0 Å². The summed E-state index contributed by atoms with van der Waals surface area (Å²) in [4.78, 5) is 2.43. The number of hydrogen-bond acceptors (Lipinski definition) is 4. The molecule has 2 saturated carbocycles. The average molecular weight is 351 g/mol. The molecule has 0 aliphatic heterocycles. The third-order valence-electron chi connectivity index (χ3n) is 5.21. The number of benzene rings is 1. The van der Waals surface area contributed by atoms with Gasteiger partial charge in [0.1, 0.15) is 0 Å². The van der Waals surface area contributed by atoms with E-state index in [1.807, 2.05) is 23.5 Å². The Balaban J connectivity index is 1.79. The summed E-state index contributed by atoms with van der Waals surface area (Å²) >= 11 is 3.94. The van der Waals surface area contributed by atoms with Gasteiger partial charge in [-0.25, -0.2) is 0 Å². The SMILES string of the molecule is Cc1cc(SC2CCCCC2)c(N)c(SC2CCCCC2)c1N. The first-order valence-electron chi connectivity index (χ1n) is 9.17. The van der Waals surface area contributed by atoms with Gasteiger partial charge in [0.25, 0.3) is 0 Å². The maximum Gasteiger partial charge on any atom is 0.0611 e. The van der Waals surface area contributed by atoms with Crippen LogP contribution in [-0.4, -0.2) is 10.5 Å². The van der Waals surface area contributed by atoms with Crippen LogP contribution in [0.2, 0.25) is 0 Å². The van der Waals surface area contributed by atoms with Gasteiger partial charge < -0.3 is 11.5 Å². The average Bonchev–Trinajstić information content (AvgIpc) is 2.58. The van der Waals surface area contributed by atoms with Crippen molar-refractivity contribution in [3.8, 4) is 0 Å². The van der Waals surface area contributed by atoms with Crippen molar-refractivity contribution in [2.45, 2.75) is 91.4 Å². The van der Waals surface area contributed by atoms with Gasteiger partial charge in [0.2, 0.25) is 0 Å². The Morgan fingerprint density at radius 3 is 1.87 bits per heavy atom. The Morgan fingerprint density at radius 2 is 1.30 bits per heavy atom. The fourth-order valence-electron chi connectivity index (χ4n) is 3.72. The summed E-state index contributed by atoms with van der Waals surface area (Å²) in [6.07, 6.45) is 13.5. The Morgan fingerprint density at radius 1 is 0.783 bits per heavy atom. The third kappa shape index (κ3) is 4.33. The van der Waals surface area contributed by atoms with Gasteiger partial charge in [-0.05, 0) is 44.2 Å². The Hall–Kier alpha value is -0.480. The standard InChI is InChI=1S/C19H30N2S2/c1-13-12-16(22-14-8-4-2-5-9-14)18(21)19(17(13)20)23-15-10-6-3-7-11-15/h12,14-15H,2-11,20-21H2,1H3. The van der Waals surface area contributed by atoms with E-state index in [-0.39, 0.29) is 0 Å². The zero-order valence-corrected chi connectivity index (χ0v) is 15.9. The molecule has 0 atom stereocenters. The molecule has 3 rings (SSSR count). The van der Waals surface area contributed by atoms with Gasteiger partial charge in [-0.1, -0.05) is 38.5 Å². The third-order valence-corrected chi connectivity index (χ3v) is 8.09. The molecule has 0 bridgehead atoms. The number of hydrogen-bond donors (Lipinski definition) is 2. The quantitative estimate of drug-likeness (QED) is 0.653. The van der Waals surface area contributed by atoms with Crippen LogP contribution < -0.4 is 11.5 Å². The summed E-state index contributed by atoms with van der Waals surface area (Å²) in [7, 11) is 0. The molecule has 0 aromatic heterocycles. The second-order valence-corrected chi connectivity index (χ2v) is 9.76. The summed E-state index contributed by atoms with van der Waals surface area (Å²) in [5, 5.41) is 1.43. The van der Waals surface area contributed by atoms with E-state index in [4.69, 9.17) is 11.5 Å². The molecular weight excluding hydrogens is 320 g/mol. The fraction of sp³-hybridized carbons (Fsp3) is 0.684. The van der Waals surface area contributed by atoms with Crippen molar-refractivity contribution in [2.75, 3.05) is 11.5 Å².